The van der Waals surface area contributed by atoms with Crippen LogP contribution in [0.25, 0.3) is 0 Å². The summed E-state index contributed by atoms with van der Waals surface area (Å²) >= 11 is 1.31. The third-order valence-electron chi connectivity index (χ3n) is 3.05. The number of aromatic nitrogens is 3. The first-order chi connectivity index (χ1) is 12.9. The Hall–Kier alpha value is -2.44. The van der Waals surface area contributed by atoms with Gasteiger partial charge in [0.2, 0.25) is 5.95 Å². The molecule has 0 aliphatic heterocycles. The molecule has 0 atom stereocenters. The lowest BCUT2D eigenvalue weighted by atomic mass is 10.4. The maximum atomic E-state index is 12.6. The monoisotopic (exact) mass is 413 g/mol. The van der Waals surface area contributed by atoms with Gasteiger partial charge in [0.25, 0.3) is 10.0 Å². The highest BCUT2D eigenvalue weighted by molar-refractivity contribution is 8.00. The van der Waals surface area contributed by atoms with E-state index >= 15 is 0 Å². The van der Waals surface area contributed by atoms with Crippen molar-refractivity contribution < 1.29 is 22.7 Å². The van der Waals surface area contributed by atoms with Gasteiger partial charge in [-0.05, 0) is 19.1 Å². The molecule has 1 aromatic heterocycles. The standard InChI is InChI=1S/C15H19N5O5S2/c1-10-16-13(19-15(17-10)25-3)18-14(21)20-27(22,23)12-7-5-4-6-11(12)26-9-8-24-2/h4-7H,8-9H2,1-3H3,(H2,16,17,18,19,20,21). The predicted octanol–water partition coefficient (Wildman–Crippen LogP) is 1.44. The summed E-state index contributed by atoms with van der Waals surface area (Å²) in [4.78, 5) is 24.2. The summed E-state index contributed by atoms with van der Waals surface area (Å²) in [6, 6.07) is 5.37. The summed E-state index contributed by atoms with van der Waals surface area (Å²) < 4.78 is 37.0. The first kappa shape index (κ1) is 20.9. The zero-order chi connectivity index (χ0) is 19.9. The second-order valence-corrected chi connectivity index (χ2v) is 7.83. The minimum atomic E-state index is -4.10. The van der Waals surface area contributed by atoms with Gasteiger partial charge in [-0.25, -0.2) is 17.9 Å². The number of carbonyl (C=O) groups is 1. The lowest BCUT2D eigenvalue weighted by Gasteiger charge is -2.11. The number of methoxy groups -OCH3 is 2. The number of rotatable bonds is 8. The Morgan fingerprint density at radius 3 is 2.63 bits per heavy atom. The number of anilines is 1. The van der Waals surface area contributed by atoms with E-state index in [-0.39, 0.29) is 16.9 Å². The molecule has 27 heavy (non-hydrogen) atoms. The molecule has 0 unspecified atom stereocenters. The second kappa shape index (κ2) is 9.48. The molecule has 10 nitrogen and oxygen atoms in total. The number of hydrogen-bond acceptors (Lipinski definition) is 9. The van der Waals surface area contributed by atoms with Crippen LogP contribution in [0.5, 0.6) is 6.01 Å². The predicted molar refractivity (Wildman–Crippen MR) is 99.5 cm³/mol. The normalized spacial score (nSPS) is 11.1. The molecule has 146 valence electrons. The third-order valence-corrected chi connectivity index (χ3v) is 5.60. The number of sulfonamides is 1. The topological polar surface area (TPSA) is 132 Å². The SMILES string of the molecule is COCCSc1ccccc1S(=O)(=O)NC(=O)Nc1nc(C)nc(OC)n1. The summed E-state index contributed by atoms with van der Waals surface area (Å²) in [7, 11) is -1.17. The number of aryl methyl sites for hydroxylation is 1. The Morgan fingerprint density at radius 2 is 1.93 bits per heavy atom. The number of ether oxygens (including phenoxy) is 2. The average Bonchev–Trinajstić information content (AvgIpc) is 2.61. The molecular weight excluding hydrogens is 394 g/mol. The molecule has 0 saturated heterocycles. The Bertz CT molecular complexity index is 907. The minimum Gasteiger partial charge on any atom is -0.467 e. The minimum absolute atomic E-state index is 0.000505. The summed E-state index contributed by atoms with van der Waals surface area (Å²) in [5.74, 6) is 0.744. The molecule has 0 spiro atoms. The quantitative estimate of drug-likeness (QED) is 0.487. The fraction of sp³-hybridized carbons (Fsp3) is 0.333. The largest absolute Gasteiger partial charge is 0.467 e. The van der Waals surface area contributed by atoms with Crippen LogP contribution in [0.2, 0.25) is 0 Å². The van der Waals surface area contributed by atoms with Gasteiger partial charge in [-0.3, -0.25) is 5.32 Å². The van der Waals surface area contributed by atoms with Crippen LogP contribution in [-0.4, -0.2) is 56.0 Å². The Labute approximate surface area is 161 Å². The van der Waals surface area contributed by atoms with Crippen molar-refractivity contribution in [1.29, 1.82) is 0 Å². The molecule has 12 heteroatoms. The van der Waals surface area contributed by atoms with Gasteiger partial charge in [0, 0.05) is 17.8 Å². The van der Waals surface area contributed by atoms with E-state index in [1.165, 1.54) is 24.9 Å². The van der Waals surface area contributed by atoms with Gasteiger partial charge < -0.3 is 9.47 Å². The van der Waals surface area contributed by atoms with E-state index in [2.05, 4.69) is 20.3 Å². The molecule has 0 aliphatic rings. The van der Waals surface area contributed by atoms with Crippen molar-refractivity contribution in [2.45, 2.75) is 16.7 Å². The van der Waals surface area contributed by atoms with Crippen LogP contribution >= 0.6 is 11.8 Å². The molecule has 0 bridgehead atoms. The summed E-state index contributed by atoms with van der Waals surface area (Å²) in [5, 5.41) is 2.26. The van der Waals surface area contributed by atoms with Crippen molar-refractivity contribution in [3.8, 4) is 6.01 Å². The average molecular weight is 413 g/mol. The van der Waals surface area contributed by atoms with E-state index in [1.807, 2.05) is 4.72 Å². The maximum Gasteiger partial charge on any atom is 0.335 e. The fourth-order valence-electron chi connectivity index (χ4n) is 1.93. The highest BCUT2D eigenvalue weighted by atomic mass is 32.2. The van der Waals surface area contributed by atoms with Gasteiger partial charge in [0.1, 0.15) is 10.7 Å². The number of amides is 2. The molecule has 0 fully saturated rings. The first-order valence-electron chi connectivity index (χ1n) is 7.67. The lowest BCUT2D eigenvalue weighted by Crippen LogP contribution is -2.35. The van der Waals surface area contributed by atoms with Gasteiger partial charge in [0.05, 0.1) is 13.7 Å². The van der Waals surface area contributed by atoms with E-state index in [0.717, 1.165) is 0 Å². The maximum absolute atomic E-state index is 12.6. The molecule has 0 saturated carbocycles. The van der Waals surface area contributed by atoms with Gasteiger partial charge in [0.15, 0.2) is 0 Å². The van der Waals surface area contributed by atoms with Gasteiger partial charge in [-0.15, -0.1) is 11.8 Å². The number of benzene rings is 1. The van der Waals surface area contributed by atoms with E-state index in [9.17, 15) is 13.2 Å². The van der Waals surface area contributed by atoms with Gasteiger partial charge in [-0.1, -0.05) is 12.1 Å². The molecule has 2 amide bonds. The first-order valence-corrected chi connectivity index (χ1v) is 10.1. The molecule has 2 rings (SSSR count). The molecule has 0 radical (unpaired) electrons. The smallest absolute Gasteiger partial charge is 0.335 e. The second-order valence-electron chi connectivity index (χ2n) is 5.04. The van der Waals surface area contributed by atoms with Crippen molar-refractivity contribution in [3.63, 3.8) is 0 Å². The van der Waals surface area contributed by atoms with Crippen LogP contribution in [0.3, 0.4) is 0 Å². The molecule has 1 heterocycles. The Balaban J connectivity index is 2.14. The highest BCUT2D eigenvalue weighted by Gasteiger charge is 2.22. The summed E-state index contributed by atoms with van der Waals surface area (Å²) in [5.41, 5.74) is 0. The van der Waals surface area contributed by atoms with Gasteiger partial charge >= 0.3 is 12.0 Å². The number of carbonyl (C=O) groups excluding carboxylic acids is 1. The number of urea groups is 1. The van der Waals surface area contributed by atoms with Crippen molar-refractivity contribution in [3.05, 3.63) is 30.1 Å². The number of nitrogens with zero attached hydrogens (tertiary/aromatic N) is 3. The van der Waals surface area contributed by atoms with Crippen LogP contribution in [0, 0.1) is 6.92 Å². The molecule has 1 aromatic carbocycles. The third kappa shape index (κ3) is 6.05. The van der Waals surface area contributed by atoms with Crippen molar-refractivity contribution >= 4 is 33.8 Å². The van der Waals surface area contributed by atoms with Crippen LogP contribution < -0.4 is 14.8 Å². The molecule has 2 N–H and O–H groups in total. The lowest BCUT2D eigenvalue weighted by molar-refractivity contribution is 0.218. The number of thioether (sulfide) groups is 1. The van der Waals surface area contributed by atoms with Crippen LogP contribution in [0.15, 0.2) is 34.1 Å². The van der Waals surface area contributed by atoms with E-state index in [4.69, 9.17) is 9.47 Å². The molecule has 2 aromatic rings. The molecule has 0 aliphatic carbocycles. The Kier molecular flexibility index (Phi) is 7.33. The van der Waals surface area contributed by atoms with Crippen molar-refractivity contribution in [2.24, 2.45) is 0 Å². The molecular formula is C15H19N5O5S2. The van der Waals surface area contributed by atoms with Crippen molar-refractivity contribution in [2.75, 3.05) is 31.9 Å². The number of hydrogen-bond donors (Lipinski definition) is 2. The number of nitrogens with one attached hydrogen (secondary N) is 2. The van der Waals surface area contributed by atoms with Crippen LogP contribution in [0.1, 0.15) is 5.82 Å². The van der Waals surface area contributed by atoms with Crippen LogP contribution in [-0.2, 0) is 14.8 Å². The highest BCUT2D eigenvalue weighted by Crippen LogP contribution is 2.26. The zero-order valence-corrected chi connectivity index (χ0v) is 16.6. The van der Waals surface area contributed by atoms with E-state index in [0.29, 0.717) is 23.1 Å². The summed E-state index contributed by atoms with van der Waals surface area (Å²) in [6.45, 7) is 2.05. The fourth-order valence-corrected chi connectivity index (χ4v) is 4.29. The van der Waals surface area contributed by atoms with Crippen LogP contribution in [0.4, 0.5) is 10.7 Å². The van der Waals surface area contributed by atoms with Crippen molar-refractivity contribution in [1.82, 2.24) is 19.7 Å². The zero-order valence-electron chi connectivity index (χ0n) is 14.9. The van der Waals surface area contributed by atoms with Gasteiger partial charge in [-0.2, -0.15) is 15.0 Å². The summed E-state index contributed by atoms with van der Waals surface area (Å²) in [6.07, 6.45) is 0. The van der Waals surface area contributed by atoms with E-state index < -0.39 is 16.1 Å². The Morgan fingerprint density at radius 1 is 1.19 bits per heavy atom. The van der Waals surface area contributed by atoms with E-state index in [1.54, 1.807) is 32.2 Å².